The van der Waals surface area contributed by atoms with Crippen molar-refractivity contribution in [2.45, 2.75) is 13.3 Å². The molecule has 0 atom stereocenters. The highest BCUT2D eigenvalue weighted by molar-refractivity contribution is 6.31. The molecule has 0 aromatic heterocycles. The molecule has 2 rings (SSSR count). The Hall–Kier alpha value is -1.51. The van der Waals surface area contributed by atoms with Gasteiger partial charge in [0.15, 0.2) is 0 Å². The second-order valence-electron chi connectivity index (χ2n) is 4.55. The number of nitrogens with one attached hydrogen (secondary N) is 1. The summed E-state index contributed by atoms with van der Waals surface area (Å²) < 4.78 is 0. The molecule has 0 saturated carbocycles. The molecule has 0 fully saturated rings. The van der Waals surface area contributed by atoms with Gasteiger partial charge in [0.25, 0.3) is 5.91 Å². The Morgan fingerprint density at radius 1 is 1.15 bits per heavy atom. The number of amides is 1. The van der Waals surface area contributed by atoms with Crippen LogP contribution in [0, 0.1) is 6.92 Å². The average molecular weight is 308 g/mol. The highest BCUT2D eigenvalue weighted by Gasteiger charge is 2.09. The van der Waals surface area contributed by atoms with E-state index in [9.17, 15) is 4.79 Å². The molecular weight excluding hydrogens is 293 g/mol. The minimum absolute atomic E-state index is 0.157. The molecule has 20 heavy (non-hydrogen) atoms. The third-order valence-corrected chi connectivity index (χ3v) is 3.46. The molecule has 2 aromatic carbocycles. The summed E-state index contributed by atoms with van der Waals surface area (Å²) in [6, 6.07) is 13.0. The summed E-state index contributed by atoms with van der Waals surface area (Å²) in [6.45, 7) is 1.88. The number of rotatable bonds is 4. The van der Waals surface area contributed by atoms with Gasteiger partial charge in [0, 0.05) is 22.2 Å². The van der Waals surface area contributed by atoms with Crippen molar-refractivity contribution in [2.75, 3.05) is 11.2 Å². The van der Waals surface area contributed by atoms with Gasteiger partial charge in [-0.15, -0.1) is 11.6 Å². The van der Waals surface area contributed by atoms with Gasteiger partial charge in [0.2, 0.25) is 0 Å². The molecule has 0 saturated heterocycles. The minimum atomic E-state index is -0.157. The van der Waals surface area contributed by atoms with Gasteiger partial charge < -0.3 is 5.32 Å². The van der Waals surface area contributed by atoms with Gasteiger partial charge in [0.05, 0.1) is 0 Å². The topological polar surface area (TPSA) is 29.1 Å². The maximum absolute atomic E-state index is 12.2. The fraction of sp³-hybridized carbons (Fsp3) is 0.188. The average Bonchev–Trinajstić information content (AvgIpc) is 2.44. The highest BCUT2D eigenvalue weighted by Crippen LogP contribution is 2.18. The molecule has 0 aliphatic rings. The van der Waals surface area contributed by atoms with Crippen LogP contribution in [0.4, 0.5) is 5.69 Å². The second kappa shape index (κ2) is 6.78. The van der Waals surface area contributed by atoms with E-state index in [1.165, 1.54) is 0 Å². The summed E-state index contributed by atoms with van der Waals surface area (Å²) in [5, 5.41) is 3.42. The monoisotopic (exact) mass is 307 g/mol. The zero-order valence-corrected chi connectivity index (χ0v) is 12.6. The second-order valence-corrected chi connectivity index (χ2v) is 5.36. The van der Waals surface area contributed by atoms with Crippen molar-refractivity contribution < 1.29 is 4.79 Å². The molecule has 0 heterocycles. The molecule has 0 unspecified atom stereocenters. The van der Waals surface area contributed by atoms with Gasteiger partial charge >= 0.3 is 0 Å². The van der Waals surface area contributed by atoms with Crippen LogP contribution in [0.5, 0.6) is 0 Å². The molecule has 4 heteroatoms. The van der Waals surface area contributed by atoms with Crippen LogP contribution < -0.4 is 5.32 Å². The fourth-order valence-electron chi connectivity index (χ4n) is 1.90. The normalized spacial score (nSPS) is 10.3. The number of carbonyl (C=O) groups excluding carboxylic acids is 1. The predicted molar refractivity (Wildman–Crippen MR) is 85.0 cm³/mol. The molecular formula is C16H15Cl2NO. The van der Waals surface area contributed by atoms with Crippen molar-refractivity contribution in [3.63, 3.8) is 0 Å². The van der Waals surface area contributed by atoms with Crippen molar-refractivity contribution in [1.82, 2.24) is 0 Å². The van der Waals surface area contributed by atoms with Crippen molar-refractivity contribution in [3.05, 3.63) is 64.2 Å². The Bertz CT molecular complexity index is 608. The Balaban J connectivity index is 2.13. The predicted octanol–water partition coefficient (Wildman–Crippen LogP) is 4.68. The summed E-state index contributed by atoms with van der Waals surface area (Å²) in [6.07, 6.45) is 0.823. The van der Waals surface area contributed by atoms with E-state index in [2.05, 4.69) is 5.32 Å². The largest absolute Gasteiger partial charge is 0.322 e. The van der Waals surface area contributed by atoms with Crippen molar-refractivity contribution >= 4 is 34.8 Å². The summed E-state index contributed by atoms with van der Waals surface area (Å²) in [5.41, 5.74) is 3.39. The number of carbonyl (C=O) groups is 1. The number of hydrogen-bond acceptors (Lipinski definition) is 1. The maximum atomic E-state index is 12.2. The van der Waals surface area contributed by atoms with Gasteiger partial charge in [-0.2, -0.15) is 0 Å². The summed E-state index contributed by atoms with van der Waals surface area (Å²) in [4.78, 5) is 12.2. The van der Waals surface area contributed by atoms with E-state index in [1.54, 1.807) is 12.1 Å². The van der Waals surface area contributed by atoms with Crippen LogP contribution in [-0.4, -0.2) is 11.8 Å². The van der Waals surface area contributed by atoms with Crippen LogP contribution in [0.15, 0.2) is 42.5 Å². The summed E-state index contributed by atoms with van der Waals surface area (Å²) >= 11 is 11.6. The van der Waals surface area contributed by atoms with E-state index >= 15 is 0 Å². The van der Waals surface area contributed by atoms with E-state index in [0.29, 0.717) is 16.5 Å². The molecule has 2 aromatic rings. The first-order valence-electron chi connectivity index (χ1n) is 6.32. The Labute approximate surface area is 128 Å². The minimum Gasteiger partial charge on any atom is -0.322 e. The lowest BCUT2D eigenvalue weighted by molar-refractivity contribution is 0.102. The van der Waals surface area contributed by atoms with E-state index in [0.717, 1.165) is 23.2 Å². The third kappa shape index (κ3) is 3.75. The van der Waals surface area contributed by atoms with E-state index in [4.69, 9.17) is 23.2 Å². The van der Waals surface area contributed by atoms with E-state index in [1.807, 2.05) is 37.3 Å². The Morgan fingerprint density at radius 3 is 2.50 bits per heavy atom. The molecule has 0 aliphatic carbocycles. The Kier molecular flexibility index (Phi) is 5.05. The van der Waals surface area contributed by atoms with Crippen LogP contribution >= 0.6 is 23.2 Å². The maximum Gasteiger partial charge on any atom is 0.255 e. The number of anilines is 1. The van der Waals surface area contributed by atoms with Crippen molar-refractivity contribution in [3.8, 4) is 0 Å². The van der Waals surface area contributed by atoms with Gasteiger partial charge in [-0.25, -0.2) is 0 Å². The van der Waals surface area contributed by atoms with Crippen LogP contribution in [0.25, 0.3) is 0 Å². The lowest BCUT2D eigenvalue weighted by Crippen LogP contribution is -2.13. The zero-order valence-electron chi connectivity index (χ0n) is 11.1. The van der Waals surface area contributed by atoms with Gasteiger partial charge in [0.1, 0.15) is 0 Å². The summed E-state index contributed by atoms with van der Waals surface area (Å²) in [5.74, 6) is 0.433. The lowest BCUT2D eigenvalue weighted by Gasteiger charge is -2.08. The fourth-order valence-corrected chi connectivity index (χ4v) is 2.29. The molecule has 0 bridgehead atoms. The molecule has 0 radical (unpaired) electrons. The molecule has 1 amide bonds. The molecule has 0 spiro atoms. The number of halogens is 2. The van der Waals surface area contributed by atoms with Crippen LogP contribution in [0.2, 0.25) is 5.02 Å². The van der Waals surface area contributed by atoms with Crippen molar-refractivity contribution in [2.24, 2.45) is 0 Å². The molecule has 0 aliphatic heterocycles. The van der Waals surface area contributed by atoms with Crippen LogP contribution in [0.1, 0.15) is 21.5 Å². The Morgan fingerprint density at radius 2 is 1.85 bits per heavy atom. The number of alkyl halides is 1. The van der Waals surface area contributed by atoms with E-state index < -0.39 is 0 Å². The van der Waals surface area contributed by atoms with Crippen molar-refractivity contribution in [1.29, 1.82) is 0 Å². The number of aryl methyl sites for hydroxylation is 2. The van der Waals surface area contributed by atoms with E-state index in [-0.39, 0.29) is 5.91 Å². The first-order valence-corrected chi connectivity index (χ1v) is 7.24. The first kappa shape index (κ1) is 14.9. The van der Waals surface area contributed by atoms with Gasteiger partial charge in [-0.05, 0) is 48.7 Å². The molecule has 2 nitrogen and oxygen atoms in total. The lowest BCUT2D eigenvalue weighted by atomic mass is 10.1. The highest BCUT2D eigenvalue weighted by atomic mass is 35.5. The molecule has 1 N–H and O–H groups in total. The SMILES string of the molecule is Cc1ccc(Cl)cc1C(=O)Nc1ccc(CCCl)cc1. The molecule has 104 valence electrons. The van der Waals surface area contributed by atoms with Gasteiger partial charge in [-0.3, -0.25) is 4.79 Å². The quantitative estimate of drug-likeness (QED) is 0.816. The third-order valence-electron chi connectivity index (χ3n) is 3.04. The number of hydrogen-bond donors (Lipinski definition) is 1. The first-order chi connectivity index (χ1) is 9.60. The smallest absolute Gasteiger partial charge is 0.255 e. The van der Waals surface area contributed by atoms with Crippen LogP contribution in [0.3, 0.4) is 0 Å². The zero-order chi connectivity index (χ0) is 14.5. The van der Waals surface area contributed by atoms with Gasteiger partial charge in [-0.1, -0.05) is 29.8 Å². The number of benzene rings is 2. The summed E-state index contributed by atoms with van der Waals surface area (Å²) in [7, 11) is 0. The standard InChI is InChI=1S/C16H15Cl2NO/c1-11-2-5-13(18)10-15(11)16(20)19-14-6-3-12(4-7-14)8-9-17/h2-7,10H,8-9H2,1H3,(H,19,20). The van der Waals surface area contributed by atoms with Crippen LogP contribution in [-0.2, 0) is 6.42 Å².